The van der Waals surface area contributed by atoms with E-state index >= 15 is 0 Å². The first kappa shape index (κ1) is 13.6. The molecule has 1 aromatic carbocycles. The molecule has 1 N–H and O–H groups in total. The topological polar surface area (TPSA) is 53.7 Å². The Morgan fingerprint density at radius 3 is 2.84 bits per heavy atom. The number of aliphatic carboxylic acids is 1. The summed E-state index contributed by atoms with van der Waals surface area (Å²) in [5, 5.41) is 9.98. The second kappa shape index (κ2) is 5.89. The van der Waals surface area contributed by atoms with Gasteiger partial charge in [0.15, 0.2) is 0 Å². The van der Waals surface area contributed by atoms with E-state index in [1.807, 2.05) is 38.1 Å². The molecule has 1 heterocycles. The first-order valence-electron chi connectivity index (χ1n) is 6.52. The molecule has 0 fully saturated rings. The Kier molecular flexibility index (Phi) is 4.22. The van der Waals surface area contributed by atoms with Gasteiger partial charge in [0.05, 0.1) is 12.7 Å². The molecule has 0 amide bonds. The third-order valence-electron chi connectivity index (χ3n) is 3.43. The lowest BCUT2D eigenvalue weighted by Crippen LogP contribution is -2.34. The van der Waals surface area contributed by atoms with E-state index in [9.17, 15) is 4.79 Å². The van der Waals surface area contributed by atoms with Gasteiger partial charge in [-0.25, -0.2) is 0 Å². The highest BCUT2D eigenvalue weighted by molar-refractivity contribution is 5.80. The van der Waals surface area contributed by atoms with Crippen molar-refractivity contribution in [1.82, 2.24) is 4.90 Å². The molecule has 2 aromatic rings. The molecule has 1 atom stereocenters. The van der Waals surface area contributed by atoms with Crippen molar-refractivity contribution in [2.45, 2.75) is 32.9 Å². The van der Waals surface area contributed by atoms with Gasteiger partial charge < -0.3 is 9.52 Å². The van der Waals surface area contributed by atoms with Crippen LogP contribution in [0, 0.1) is 0 Å². The van der Waals surface area contributed by atoms with Crippen LogP contribution in [0.2, 0.25) is 0 Å². The fourth-order valence-corrected chi connectivity index (χ4v) is 2.34. The van der Waals surface area contributed by atoms with Crippen LogP contribution in [0.3, 0.4) is 0 Å². The van der Waals surface area contributed by atoms with E-state index in [0.717, 1.165) is 23.1 Å². The molecule has 2 rings (SSSR count). The Bertz CT molecular complexity index is 561. The van der Waals surface area contributed by atoms with Crippen LogP contribution in [0.1, 0.15) is 25.8 Å². The van der Waals surface area contributed by atoms with Crippen molar-refractivity contribution in [3.8, 4) is 0 Å². The van der Waals surface area contributed by atoms with Gasteiger partial charge in [-0.2, -0.15) is 0 Å². The Hall–Kier alpha value is -1.81. The highest BCUT2D eigenvalue weighted by atomic mass is 16.4. The molecule has 1 unspecified atom stereocenters. The number of para-hydroxylation sites is 1. The number of benzene rings is 1. The minimum atomic E-state index is -0.761. The van der Waals surface area contributed by atoms with Gasteiger partial charge in [0.2, 0.25) is 0 Å². The standard InChI is InChI=1S/C15H19NO3/c1-3-16(11(2)8-15(17)18)9-12-10-19-14-7-5-4-6-13(12)14/h4-7,10-11H,3,8-9H2,1-2H3,(H,17,18). The first-order chi connectivity index (χ1) is 9.11. The van der Waals surface area contributed by atoms with Crippen molar-refractivity contribution in [3.05, 3.63) is 36.1 Å². The van der Waals surface area contributed by atoms with Crippen LogP contribution in [0.15, 0.2) is 34.9 Å². The Labute approximate surface area is 112 Å². The van der Waals surface area contributed by atoms with Crippen molar-refractivity contribution in [3.63, 3.8) is 0 Å². The summed E-state index contributed by atoms with van der Waals surface area (Å²) in [5.74, 6) is -0.761. The number of rotatable bonds is 6. The van der Waals surface area contributed by atoms with Gasteiger partial charge >= 0.3 is 5.97 Å². The minimum absolute atomic E-state index is 0.0103. The maximum absolute atomic E-state index is 10.8. The molecular weight excluding hydrogens is 242 g/mol. The van der Waals surface area contributed by atoms with Gasteiger partial charge in [-0.1, -0.05) is 25.1 Å². The Balaban J connectivity index is 2.16. The molecular formula is C15H19NO3. The molecule has 0 aliphatic heterocycles. The third-order valence-corrected chi connectivity index (χ3v) is 3.43. The summed E-state index contributed by atoms with van der Waals surface area (Å²) in [7, 11) is 0. The van der Waals surface area contributed by atoms with E-state index in [1.165, 1.54) is 0 Å². The van der Waals surface area contributed by atoms with Crippen molar-refractivity contribution < 1.29 is 14.3 Å². The fourth-order valence-electron chi connectivity index (χ4n) is 2.34. The lowest BCUT2D eigenvalue weighted by molar-refractivity contribution is -0.138. The summed E-state index contributed by atoms with van der Waals surface area (Å²) in [6.07, 6.45) is 1.92. The molecule has 19 heavy (non-hydrogen) atoms. The highest BCUT2D eigenvalue weighted by Crippen LogP contribution is 2.23. The van der Waals surface area contributed by atoms with E-state index in [4.69, 9.17) is 9.52 Å². The van der Waals surface area contributed by atoms with E-state index in [0.29, 0.717) is 6.54 Å². The second-order valence-corrected chi connectivity index (χ2v) is 4.77. The zero-order chi connectivity index (χ0) is 13.8. The van der Waals surface area contributed by atoms with Crippen LogP contribution in [-0.2, 0) is 11.3 Å². The van der Waals surface area contributed by atoms with Crippen molar-refractivity contribution in [2.75, 3.05) is 6.54 Å². The number of hydrogen-bond acceptors (Lipinski definition) is 3. The molecule has 0 radical (unpaired) electrons. The molecule has 4 nitrogen and oxygen atoms in total. The van der Waals surface area contributed by atoms with E-state index in [-0.39, 0.29) is 12.5 Å². The summed E-state index contributed by atoms with van der Waals surface area (Å²) in [6.45, 7) is 5.51. The molecule has 0 saturated carbocycles. The number of fused-ring (bicyclic) bond motifs is 1. The predicted octanol–water partition coefficient (Wildman–Crippen LogP) is 3.12. The van der Waals surface area contributed by atoms with Crippen molar-refractivity contribution >= 4 is 16.9 Å². The Morgan fingerprint density at radius 2 is 2.16 bits per heavy atom. The SMILES string of the molecule is CCN(Cc1coc2ccccc12)C(C)CC(=O)O. The van der Waals surface area contributed by atoms with Gasteiger partial charge in [0, 0.05) is 23.5 Å². The summed E-state index contributed by atoms with van der Waals surface area (Å²) in [4.78, 5) is 12.9. The van der Waals surface area contributed by atoms with Crippen LogP contribution in [0.4, 0.5) is 0 Å². The molecule has 0 spiro atoms. The van der Waals surface area contributed by atoms with Crippen LogP contribution in [0.5, 0.6) is 0 Å². The number of nitrogens with zero attached hydrogens (tertiary/aromatic N) is 1. The van der Waals surface area contributed by atoms with Crippen LogP contribution < -0.4 is 0 Å². The maximum atomic E-state index is 10.8. The van der Waals surface area contributed by atoms with E-state index in [2.05, 4.69) is 4.90 Å². The molecule has 0 bridgehead atoms. The van der Waals surface area contributed by atoms with E-state index < -0.39 is 5.97 Å². The molecule has 4 heteroatoms. The van der Waals surface area contributed by atoms with Crippen LogP contribution in [0.25, 0.3) is 11.0 Å². The quantitative estimate of drug-likeness (QED) is 0.868. The first-order valence-corrected chi connectivity index (χ1v) is 6.52. The summed E-state index contributed by atoms with van der Waals surface area (Å²) in [5.41, 5.74) is 1.98. The summed E-state index contributed by atoms with van der Waals surface area (Å²) in [6, 6.07) is 7.91. The van der Waals surface area contributed by atoms with Gasteiger partial charge in [-0.05, 0) is 19.5 Å². The zero-order valence-corrected chi connectivity index (χ0v) is 11.3. The third kappa shape index (κ3) is 3.15. The van der Waals surface area contributed by atoms with Crippen LogP contribution in [-0.4, -0.2) is 28.6 Å². The molecule has 102 valence electrons. The van der Waals surface area contributed by atoms with Gasteiger partial charge in [0.1, 0.15) is 5.58 Å². The lowest BCUT2D eigenvalue weighted by Gasteiger charge is -2.26. The van der Waals surface area contributed by atoms with Crippen LogP contribution >= 0.6 is 0 Å². The normalized spacial score (nSPS) is 13.0. The number of carbonyl (C=O) groups is 1. The number of furan rings is 1. The van der Waals surface area contributed by atoms with Crippen molar-refractivity contribution in [2.24, 2.45) is 0 Å². The van der Waals surface area contributed by atoms with Gasteiger partial charge in [-0.15, -0.1) is 0 Å². The smallest absolute Gasteiger partial charge is 0.304 e. The lowest BCUT2D eigenvalue weighted by atomic mass is 10.1. The Morgan fingerprint density at radius 1 is 1.42 bits per heavy atom. The average molecular weight is 261 g/mol. The number of carboxylic acids is 1. The zero-order valence-electron chi connectivity index (χ0n) is 11.3. The highest BCUT2D eigenvalue weighted by Gasteiger charge is 2.17. The fraction of sp³-hybridized carbons (Fsp3) is 0.400. The molecule has 0 aliphatic carbocycles. The average Bonchev–Trinajstić information content (AvgIpc) is 2.78. The predicted molar refractivity (Wildman–Crippen MR) is 74.0 cm³/mol. The number of carboxylic acid groups (broad SMARTS) is 1. The van der Waals surface area contributed by atoms with Crippen molar-refractivity contribution in [1.29, 1.82) is 0 Å². The largest absolute Gasteiger partial charge is 0.481 e. The number of hydrogen-bond donors (Lipinski definition) is 1. The second-order valence-electron chi connectivity index (χ2n) is 4.77. The van der Waals surface area contributed by atoms with Gasteiger partial charge in [-0.3, -0.25) is 9.69 Å². The summed E-state index contributed by atoms with van der Waals surface area (Å²) >= 11 is 0. The summed E-state index contributed by atoms with van der Waals surface area (Å²) < 4.78 is 5.51. The maximum Gasteiger partial charge on any atom is 0.304 e. The molecule has 1 aromatic heterocycles. The monoisotopic (exact) mass is 261 g/mol. The van der Waals surface area contributed by atoms with E-state index in [1.54, 1.807) is 6.26 Å². The molecule has 0 saturated heterocycles. The molecule has 0 aliphatic rings. The van der Waals surface area contributed by atoms with Gasteiger partial charge in [0.25, 0.3) is 0 Å². The minimum Gasteiger partial charge on any atom is -0.481 e.